The molecule has 3 rings (SSSR count). The molecule has 2 aromatic heterocycles. The number of halogens is 1. The van der Waals surface area contributed by atoms with Gasteiger partial charge in [-0.1, -0.05) is 0 Å². The van der Waals surface area contributed by atoms with Crippen molar-refractivity contribution in [3.8, 4) is 0 Å². The van der Waals surface area contributed by atoms with E-state index in [0.29, 0.717) is 11.9 Å². The molecular weight excluding hydrogens is 262 g/mol. The van der Waals surface area contributed by atoms with Crippen LogP contribution in [-0.2, 0) is 10.6 Å². The van der Waals surface area contributed by atoms with Crippen LogP contribution in [0.2, 0.25) is 0 Å². The number of fused-ring (bicyclic) bond motifs is 1. The van der Waals surface area contributed by atoms with Crippen LogP contribution in [0, 0.1) is 0 Å². The topological polar surface area (TPSA) is 39.9 Å². The van der Waals surface area contributed by atoms with Gasteiger partial charge in [0.15, 0.2) is 0 Å². The maximum atomic E-state index is 6.06. The molecule has 0 radical (unpaired) electrons. The Morgan fingerprint density at radius 2 is 2.37 bits per heavy atom. The van der Waals surface area contributed by atoms with Crippen LogP contribution >= 0.6 is 11.6 Å². The fraction of sp³-hybridized carbons (Fsp3) is 0.571. The summed E-state index contributed by atoms with van der Waals surface area (Å²) in [6.45, 7) is 5.06. The molecule has 4 nitrogen and oxygen atoms in total. The Hall–Kier alpha value is -1.13. The lowest BCUT2D eigenvalue weighted by Crippen LogP contribution is -2.35. The smallest absolute Gasteiger partial charge is 0.125 e. The summed E-state index contributed by atoms with van der Waals surface area (Å²) in [5.74, 6) is 1.35. The maximum absolute atomic E-state index is 6.06. The van der Waals surface area contributed by atoms with Crippen LogP contribution in [0.3, 0.4) is 0 Å². The zero-order valence-corrected chi connectivity index (χ0v) is 12.0. The minimum absolute atomic E-state index is 0.0872. The molecule has 3 heterocycles. The van der Waals surface area contributed by atoms with Gasteiger partial charge in [0.2, 0.25) is 0 Å². The van der Waals surface area contributed by atoms with Gasteiger partial charge < -0.3 is 9.30 Å². The molecule has 102 valence electrons. The minimum atomic E-state index is -0.0872. The number of nitrogens with zero attached hydrogens (tertiary/aromatic N) is 3. The van der Waals surface area contributed by atoms with E-state index in [0.717, 1.165) is 36.3 Å². The molecule has 1 aliphatic heterocycles. The van der Waals surface area contributed by atoms with Gasteiger partial charge in [-0.25, -0.2) is 4.98 Å². The summed E-state index contributed by atoms with van der Waals surface area (Å²) in [5, 5.41) is 0. The summed E-state index contributed by atoms with van der Waals surface area (Å²) in [4.78, 5) is 8.71. The van der Waals surface area contributed by atoms with E-state index in [9.17, 15) is 0 Å². The van der Waals surface area contributed by atoms with E-state index < -0.39 is 0 Å². The number of alkyl halides is 1. The number of rotatable bonds is 2. The second-order valence-corrected chi connectivity index (χ2v) is 5.92. The predicted octanol–water partition coefficient (Wildman–Crippen LogP) is 3.30. The van der Waals surface area contributed by atoms with Crippen LogP contribution in [0.4, 0.5) is 0 Å². The zero-order valence-electron chi connectivity index (χ0n) is 11.3. The summed E-state index contributed by atoms with van der Waals surface area (Å²) in [6.07, 6.45) is 5.58. The first-order valence-electron chi connectivity index (χ1n) is 6.61. The molecule has 0 spiro atoms. The molecule has 0 aromatic carbocycles. The SMILES string of the molecule is CC1(C)CC(n2c(CCl)nc3cnccc32)CCO1. The average molecular weight is 280 g/mol. The third kappa shape index (κ3) is 2.35. The Morgan fingerprint density at radius 1 is 1.53 bits per heavy atom. The van der Waals surface area contributed by atoms with E-state index >= 15 is 0 Å². The standard InChI is InChI=1S/C14H18ClN3O/c1-14(2)7-10(4-6-19-14)18-12-3-5-16-9-11(12)17-13(18)8-15/h3,5,9-10H,4,6-8H2,1-2H3. The van der Waals surface area contributed by atoms with Gasteiger partial charge in [-0.2, -0.15) is 0 Å². The predicted molar refractivity (Wildman–Crippen MR) is 75.4 cm³/mol. The number of hydrogen-bond donors (Lipinski definition) is 0. The second kappa shape index (κ2) is 4.76. The van der Waals surface area contributed by atoms with Gasteiger partial charge in [-0.15, -0.1) is 11.6 Å². The Kier molecular flexibility index (Phi) is 3.23. The van der Waals surface area contributed by atoms with Crippen molar-refractivity contribution in [1.29, 1.82) is 0 Å². The number of hydrogen-bond acceptors (Lipinski definition) is 3. The second-order valence-electron chi connectivity index (χ2n) is 5.65. The molecule has 0 aliphatic carbocycles. The number of ether oxygens (including phenoxy) is 1. The maximum Gasteiger partial charge on any atom is 0.125 e. The highest BCUT2D eigenvalue weighted by Crippen LogP contribution is 2.35. The molecule has 0 amide bonds. The van der Waals surface area contributed by atoms with Crippen molar-refractivity contribution in [2.24, 2.45) is 0 Å². The van der Waals surface area contributed by atoms with Gasteiger partial charge in [0.25, 0.3) is 0 Å². The van der Waals surface area contributed by atoms with Crippen molar-refractivity contribution >= 4 is 22.6 Å². The quantitative estimate of drug-likeness (QED) is 0.792. The molecule has 2 aromatic rings. The monoisotopic (exact) mass is 279 g/mol. The molecule has 1 fully saturated rings. The number of pyridine rings is 1. The summed E-state index contributed by atoms with van der Waals surface area (Å²) in [6, 6.07) is 2.41. The molecule has 0 N–H and O–H groups in total. The van der Waals surface area contributed by atoms with E-state index in [1.54, 1.807) is 6.20 Å². The third-order valence-corrected chi connectivity index (χ3v) is 3.96. The van der Waals surface area contributed by atoms with Gasteiger partial charge in [0.05, 0.1) is 23.2 Å². The molecular formula is C14H18ClN3O. The Labute approximate surface area is 117 Å². The van der Waals surface area contributed by atoms with Gasteiger partial charge >= 0.3 is 0 Å². The molecule has 0 bridgehead atoms. The van der Waals surface area contributed by atoms with Crippen LogP contribution < -0.4 is 0 Å². The molecule has 1 unspecified atom stereocenters. The van der Waals surface area contributed by atoms with E-state index in [2.05, 4.69) is 28.4 Å². The van der Waals surface area contributed by atoms with Crippen LogP contribution in [-0.4, -0.2) is 26.7 Å². The van der Waals surface area contributed by atoms with E-state index in [1.807, 2.05) is 12.3 Å². The molecule has 1 saturated heterocycles. The molecule has 19 heavy (non-hydrogen) atoms. The van der Waals surface area contributed by atoms with Crippen molar-refractivity contribution in [1.82, 2.24) is 14.5 Å². The fourth-order valence-electron chi connectivity index (χ4n) is 2.92. The van der Waals surface area contributed by atoms with Crippen LogP contribution in [0.25, 0.3) is 11.0 Å². The highest BCUT2D eigenvalue weighted by Gasteiger charge is 2.31. The van der Waals surface area contributed by atoms with E-state index in [-0.39, 0.29) is 5.60 Å². The van der Waals surface area contributed by atoms with Crippen molar-refractivity contribution in [2.75, 3.05) is 6.61 Å². The molecule has 1 aliphatic rings. The number of imidazole rings is 1. The Balaban J connectivity index is 2.08. The Bertz CT molecular complexity index is 593. The van der Waals surface area contributed by atoms with Gasteiger partial charge in [0, 0.05) is 18.8 Å². The van der Waals surface area contributed by atoms with Crippen molar-refractivity contribution < 1.29 is 4.74 Å². The average Bonchev–Trinajstić information content (AvgIpc) is 2.75. The lowest BCUT2D eigenvalue weighted by Gasteiger charge is -2.36. The summed E-state index contributed by atoms with van der Waals surface area (Å²) in [5.41, 5.74) is 1.95. The largest absolute Gasteiger partial charge is 0.375 e. The first kappa shape index (κ1) is 12.9. The number of aromatic nitrogens is 3. The molecule has 5 heteroatoms. The Morgan fingerprint density at radius 3 is 3.11 bits per heavy atom. The third-order valence-electron chi connectivity index (χ3n) is 3.72. The van der Waals surface area contributed by atoms with Gasteiger partial charge in [-0.05, 0) is 32.8 Å². The normalized spacial score (nSPS) is 22.8. The lowest BCUT2D eigenvalue weighted by atomic mass is 9.93. The summed E-state index contributed by atoms with van der Waals surface area (Å²) in [7, 11) is 0. The first-order valence-corrected chi connectivity index (χ1v) is 7.15. The molecule has 1 atom stereocenters. The van der Waals surface area contributed by atoms with E-state index in [4.69, 9.17) is 16.3 Å². The molecule has 0 saturated carbocycles. The zero-order chi connectivity index (χ0) is 13.5. The first-order chi connectivity index (χ1) is 9.11. The summed E-state index contributed by atoms with van der Waals surface area (Å²) < 4.78 is 8.07. The minimum Gasteiger partial charge on any atom is -0.375 e. The lowest BCUT2D eigenvalue weighted by molar-refractivity contribution is -0.0687. The fourth-order valence-corrected chi connectivity index (χ4v) is 3.11. The van der Waals surface area contributed by atoms with Crippen molar-refractivity contribution in [2.45, 2.75) is 44.2 Å². The van der Waals surface area contributed by atoms with Crippen molar-refractivity contribution in [3.63, 3.8) is 0 Å². The van der Waals surface area contributed by atoms with Crippen LogP contribution in [0.15, 0.2) is 18.5 Å². The van der Waals surface area contributed by atoms with Crippen molar-refractivity contribution in [3.05, 3.63) is 24.3 Å². The summed E-state index contributed by atoms with van der Waals surface area (Å²) >= 11 is 6.06. The van der Waals surface area contributed by atoms with E-state index in [1.165, 1.54) is 0 Å². The van der Waals surface area contributed by atoms with Gasteiger partial charge in [-0.3, -0.25) is 4.98 Å². The highest BCUT2D eigenvalue weighted by molar-refractivity contribution is 6.16. The highest BCUT2D eigenvalue weighted by atomic mass is 35.5. The van der Waals surface area contributed by atoms with Gasteiger partial charge in [0.1, 0.15) is 11.3 Å². The van der Waals surface area contributed by atoms with Crippen LogP contribution in [0.1, 0.15) is 38.6 Å². The van der Waals surface area contributed by atoms with Crippen LogP contribution in [0.5, 0.6) is 0 Å².